The van der Waals surface area contributed by atoms with Gasteiger partial charge in [-0.1, -0.05) is 6.07 Å². The summed E-state index contributed by atoms with van der Waals surface area (Å²) in [6.45, 7) is 1.82. The van der Waals surface area contributed by atoms with Crippen molar-refractivity contribution in [3.63, 3.8) is 0 Å². The van der Waals surface area contributed by atoms with Crippen molar-refractivity contribution in [3.05, 3.63) is 35.1 Å². The number of carbonyl (C=O) groups is 1. The van der Waals surface area contributed by atoms with Gasteiger partial charge in [0.2, 0.25) is 5.91 Å². The van der Waals surface area contributed by atoms with Crippen molar-refractivity contribution >= 4 is 5.91 Å². The third kappa shape index (κ3) is 2.81. The van der Waals surface area contributed by atoms with E-state index < -0.39 is 0 Å². The van der Waals surface area contributed by atoms with Crippen LogP contribution < -0.4 is 11.3 Å². The molecule has 0 aromatic heterocycles. The molecule has 0 radical (unpaired) electrons. The van der Waals surface area contributed by atoms with E-state index in [4.69, 9.17) is 5.84 Å². The maximum absolute atomic E-state index is 12.7. The van der Waals surface area contributed by atoms with E-state index in [1.165, 1.54) is 12.1 Å². The largest absolute Gasteiger partial charge is 0.294 e. The molecule has 76 valence electrons. The third-order valence-electron chi connectivity index (χ3n) is 2.09. The van der Waals surface area contributed by atoms with Crippen molar-refractivity contribution in [1.29, 1.82) is 0 Å². The van der Waals surface area contributed by atoms with Gasteiger partial charge in [-0.25, -0.2) is 10.2 Å². The zero-order valence-electron chi connectivity index (χ0n) is 8.01. The summed E-state index contributed by atoms with van der Waals surface area (Å²) in [6, 6.07) is 4.53. The maximum atomic E-state index is 12.7. The Morgan fingerprint density at radius 3 is 2.86 bits per heavy atom. The predicted molar refractivity (Wildman–Crippen MR) is 51.8 cm³/mol. The maximum Gasteiger partial charge on any atom is 0.234 e. The van der Waals surface area contributed by atoms with Gasteiger partial charge >= 0.3 is 0 Å². The molecular formula is C10H13FN2O. The first-order chi connectivity index (χ1) is 6.63. The minimum absolute atomic E-state index is 0.214. The number of carbonyl (C=O) groups excluding carboxylic acids is 1. The smallest absolute Gasteiger partial charge is 0.234 e. The molecule has 0 saturated heterocycles. The molecule has 0 heterocycles. The molecule has 3 nitrogen and oxygen atoms in total. The molecule has 4 heteroatoms. The molecule has 0 unspecified atom stereocenters. The fraction of sp³-hybridized carbons (Fsp3) is 0.300. The zero-order chi connectivity index (χ0) is 10.6. The van der Waals surface area contributed by atoms with Crippen LogP contribution in [0, 0.1) is 12.7 Å². The summed E-state index contributed by atoms with van der Waals surface area (Å²) in [5.74, 6) is 4.47. The van der Waals surface area contributed by atoms with Crippen LogP contribution in [0.1, 0.15) is 17.5 Å². The Morgan fingerprint density at radius 2 is 2.29 bits per heavy atom. The highest BCUT2D eigenvalue weighted by Crippen LogP contribution is 2.11. The Morgan fingerprint density at radius 1 is 1.57 bits per heavy atom. The molecule has 0 atom stereocenters. The standard InChI is InChI=1S/C10H13FN2O/c1-7-6-9(11)4-2-8(7)3-5-10(14)13-12/h2,4,6H,3,5,12H2,1H3,(H,13,14). The van der Waals surface area contributed by atoms with E-state index in [9.17, 15) is 9.18 Å². The second-order valence-corrected chi connectivity index (χ2v) is 3.14. The molecule has 3 N–H and O–H groups in total. The molecule has 0 aliphatic heterocycles. The Hall–Kier alpha value is -1.42. The fourth-order valence-corrected chi connectivity index (χ4v) is 1.26. The van der Waals surface area contributed by atoms with Crippen LogP contribution in [-0.2, 0) is 11.2 Å². The van der Waals surface area contributed by atoms with Gasteiger partial charge in [-0.3, -0.25) is 10.2 Å². The number of nitrogens with two attached hydrogens (primary N) is 1. The average Bonchev–Trinajstić information content (AvgIpc) is 2.16. The van der Waals surface area contributed by atoms with Crippen molar-refractivity contribution < 1.29 is 9.18 Å². The lowest BCUT2D eigenvalue weighted by Crippen LogP contribution is -2.30. The van der Waals surface area contributed by atoms with Crippen LogP contribution in [0.3, 0.4) is 0 Å². The highest BCUT2D eigenvalue weighted by Gasteiger charge is 2.03. The van der Waals surface area contributed by atoms with Crippen molar-refractivity contribution in [2.75, 3.05) is 0 Å². The molecule has 0 fully saturated rings. The van der Waals surface area contributed by atoms with Crippen molar-refractivity contribution in [3.8, 4) is 0 Å². The molecule has 14 heavy (non-hydrogen) atoms. The van der Waals surface area contributed by atoms with E-state index in [-0.39, 0.29) is 11.7 Å². The first-order valence-corrected chi connectivity index (χ1v) is 4.38. The number of rotatable bonds is 3. The summed E-state index contributed by atoms with van der Waals surface area (Å²) < 4.78 is 12.7. The van der Waals surface area contributed by atoms with Crippen molar-refractivity contribution in [1.82, 2.24) is 5.43 Å². The molecule has 1 aromatic carbocycles. The van der Waals surface area contributed by atoms with Crippen LogP contribution >= 0.6 is 0 Å². The summed E-state index contributed by atoms with van der Waals surface area (Å²) >= 11 is 0. The Kier molecular flexibility index (Phi) is 3.59. The molecule has 1 aromatic rings. The highest BCUT2D eigenvalue weighted by molar-refractivity contribution is 5.75. The lowest BCUT2D eigenvalue weighted by molar-refractivity contribution is -0.121. The van der Waals surface area contributed by atoms with Crippen LogP contribution in [0.15, 0.2) is 18.2 Å². The molecule has 0 aliphatic carbocycles. The molecule has 0 spiro atoms. The average molecular weight is 196 g/mol. The predicted octanol–water partition coefficient (Wildman–Crippen LogP) is 1.06. The fourth-order valence-electron chi connectivity index (χ4n) is 1.26. The Labute approximate surface area is 82.1 Å². The number of hydrazine groups is 1. The van der Waals surface area contributed by atoms with Crippen LogP contribution in [0.4, 0.5) is 4.39 Å². The van der Waals surface area contributed by atoms with Gasteiger partial charge in [0.1, 0.15) is 5.82 Å². The van der Waals surface area contributed by atoms with E-state index in [2.05, 4.69) is 5.43 Å². The molecule has 0 saturated carbocycles. The van der Waals surface area contributed by atoms with Crippen molar-refractivity contribution in [2.45, 2.75) is 19.8 Å². The van der Waals surface area contributed by atoms with Crippen LogP contribution in [0.2, 0.25) is 0 Å². The van der Waals surface area contributed by atoms with Gasteiger partial charge in [0.05, 0.1) is 0 Å². The minimum atomic E-state index is -0.255. The summed E-state index contributed by atoms with van der Waals surface area (Å²) in [6.07, 6.45) is 0.901. The van der Waals surface area contributed by atoms with Gasteiger partial charge in [0, 0.05) is 6.42 Å². The number of hydrogen-bond donors (Lipinski definition) is 2. The van der Waals surface area contributed by atoms with Crippen LogP contribution in [-0.4, -0.2) is 5.91 Å². The summed E-state index contributed by atoms with van der Waals surface area (Å²) in [5.41, 5.74) is 3.88. The quantitative estimate of drug-likeness (QED) is 0.431. The first-order valence-electron chi connectivity index (χ1n) is 4.38. The van der Waals surface area contributed by atoms with E-state index in [1.54, 1.807) is 6.07 Å². The van der Waals surface area contributed by atoms with E-state index in [1.807, 2.05) is 6.92 Å². The van der Waals surface area contributed by atoms with Gasteiger partial charge in [0.15, 0.2) is 0 Å². The Bertz CT molecular complexity index is 339. The summed E-state index contributed by atoms with van der Waals surface area (Å²) in [4.78, 5) is 10.9. The van der Waals surface area contributed by atoms with E-state index in [0.717, 1.165) is 11.1 Å². The second kappa shape index (κ2) is 4.72. The highest BCUT2D eigenvalue weighted by atomic mass is 19.1. The monoisotopic (exact) mass is 196 g/mol. The number of nitrogens with one attached hydrogen (secondary N) is 1. The number of halogens is 1. The van der Waals surface area contributed by atoms with Gasteiger partial charge in [-0.15, -0.1) is 0 Å². The summed E-state index contributed by atoms with van der Waals surface area (Å²) in [7, 11) is 0. The topological polar surface area (TPSA) is 55.1 Å². The number of amides is 1. The van der Waals surface area contributed by atoms with Crippen molar-refractivity contribution in [2.24, 2.45) is 5.84 Å². The summed E-state index contributed by atoms with van der Waals surface area (Å²) in [5, 5.41) is 0. The number of benzene rings is 1. The molecule has 1 rings (SSSR count). The normalized spacial score (nSPS) is 9.93. The number of aryl methyl sites for hydroxylation is 2. The van der Waals surface area contributed by atoms with Crippen LogP contribution in [0.5, 0.6) is 0 Å². The van der Waals surface area contributed by atoms with Gasteiger partial charge in [0.25, 0.3) is 0 Å². The second-order valence-electron chi connectivity index (χ2n) is 3.14. The third-order valence-corrected chi connectivity index (χ3v) is 2.09. The van der Waals surface area contributed by atoms with Gasteiger partial charge in [-0.05, 0) is 36.6 Å². The minimum Gasteiger partial charge on any atom is -0.294 e. The van der Waals surface area contributed by atoms with Gasteiger partial charge in [-0.2, -0.15) is 0 Å². The van der Waals surface area contributed by atoms with Gasteiger partial charge < -0.3 is 0 Å². The first kappa shape index (κ1) is 10.7. The van der Waals surface area contributed by atoms with E-state index >= 15 is 0 Å². The molecule has 1 amide bonds. The number of hydrogen-bond acceptors (Lipinski definition) is 2. The molecule has 0 aliphatic rings. The SMILES string of the molecule is Cc1cc(F)ccc1CCC(=O)NN. The van der Waals surface area contributed by atoms with Crippen LogP contribution in [0.25, 0.3) is 0 Å². The lowest BCUT2D eigenvalue weighted by Gasteiger charge is -2.04. The Balaban J connectivity index is 2.63. The zero-order valence-corrected chi connectivity index (χ0v) is 8.01. The lowest BCUT2D eigenvalue weighted by atomic mass is 10.0. The molecule has 0 bridgehead atoms. The molecular weight excluding hydrogens is 183 g/mol. The van der Waals surface area contributed by atoms with E-state index in [0.29, 0.717) is 12.8 Å².